The molecule has 6 nitrogen and oxygen atoms in total. The van der Waals surface area contributed by atoms with Crippen molar-refractivity contribution < 1.29 is 19.8 Å². The number of thioether (sulfide) groups is 1. The van der Waals surface area contributed by atoms with Gasteiger partial charge in [0.05, 0.1) is 5.52 Å². The van der Waals surface area contributed by atoms with Crippen LogP contribution >= 0.6 is 11.8 Å². The van der Waals surface area contributed by atoms with Gasteiger partial charge in [0.15, 0.2) is 5.69 Å². The van der Waals surface area contributed by atoms with Crippen LogP contribution in [0.25, 0.3) is 5.52 Å². The van der Waals surface area contributed by atoms with Crippen LogP contribution in [0.4, 0.5) is 0 Å². The van der Waals surface area contributed by atoms with Gasteiger partial charge in [-0.05, 0) is 36.5 Å². The van der Waals surface area contributed by atoms with Gasteiger partial charge >= 0.3 is 11.9 Å². The van der Waals surface area contributed by atoms with Crippen LogP contribution in [0.1, 0.15) is 45.6 Å². The average Bonchev–Trinajstić information content (AvgIpc) is 2.87. The number of carboxylic acid groups (broad SMARTS) is 2. The van der Waals surface area contributed by atoms with Crippen LogP contribution in [0.15, 0.2) is 18.2 Å². The molecule has 1 saturated heterocycles. The molecule has 21 heavy (non-hydrogen) atoms. The molecule has 2 aromatic rings. The van der Waals surface area contributed by atoms with E-state index in [1.54, 1.807) is 12.1 Å². The van der Waals surface area contributed by atoms with Crippen molar-refractivity contribution in [2.75, 3.05) is 11.5 Å². The van der Waals surface area contributed by atoms with Gasteiger partial charge in [-0.1, -0.05) is 6.07 Å². The number of aromatic carboxylic acids is 2. The summed E-state index contributed by atoms with van der Waals surface area (Å²) in [6.07, 6.45) is 1.77. The highest BCUT2D eigenvalue weighted by atomic mass is 32.2. The lowest BCUT2D eigenvalue weighted by atomic mass is 10.0. The number of hydrogen-bond donors (Lipinski definition) is 2. The second kappa shape index (κ2) is 5.40. The Morgan fingerprint density at radius 3 is 2.52 bits per heavy atom. The van der Waals surface area contributed by atoms with E-state index in [1.165, 1.54) is 10.5 Å². The fourth-order valence-electron chi connectivity index (χ4n) is 2.72. The fourth-order valence-corrected chi connectivity index (χ4v) is 3.82. The zero-order valence-electron chi connectivity index (χ0n) is 11.2. The van der Waals surface area contributed by atoms with Gasteiger partial charge in [0, 0.05) is 5.92 Å². The topological polar surface area (TPSA) is 91.9 Å². The van der Waals surface area contributed by atoms with Gasteiger partial charge in [-0.3, -0.25) is 4.40 Å². The summed E-state index contributed by atoms with van der Waals surface area (Å²) >= 11 is 1.85. The van der Waals surface area contributed by atoms with E-state index in [4.69, 9.17) is 0 Å². The standard InChI is InChI=1S/C14H14N2O4S/c17-13(18)10-3-1-2-9-11(14(19)20)15-12(16(9)10)8-4-6-21-7-5-8/h1-3,8H,4-7H2,(H,17,18)(H,19,20). The molecule has 0 radical (unpaired) electrons. The molecule has 7 heteroatoms. The summed E-state index contributed by atoms with van der Waals surface area (Å²) in [6.45, 7) is 0. The molecule has 0 aliphatic carbocycles. The van der Waals surface area contributed by atoms with Crippen LogP contribution in [0, 0.1) is 0 Å². The predicted octanol–water partition coefficient (Wildman–Crippen LogP) is 2.34. The van der Waals surface area contributed by atoms with E-state index >= 15 is 0 Å². The largest absolute Gasteiger partial charge is 0.477 e. The monoisotopic (exact) mass is 306 g/mol. The number of rotatable bonds is 3. The Bertz CT molecular complexity index is 719. The molecule has 0 aromatic carbocycles. The van der Waals surface area contributed by atoms with Gasteiger partial charge < -0.3 is 10.2 Å². The summed E-state index contributed by atoms with van der Waals surface area (Å²) in [5.41, 5.74) is 0.322. The molecule has 2 aromatic heterocycles. The number of carbonyl (C=O) groups is 2. The Hall–Kier alpha value is -2.02. The number of fused-ring (bicyclic) bond motifs is 1. The normalized spacial score (nSPS) is 16.2. The maximum atomic E-state index is 11.4. The fraction of sp³-hybridized carbons (Fsp3) is 0.357. The van der Waals surface area contributed by atoms with Gasteiger partial charge in [0.1, 0.15) is 11.5 Å². The van der Waals surface area contributed by atoms with E-state index in [9.17, 15) is 19.8 Å². The minimum atomic E-state index is -1.13. The van der Waals surface area contributed by atoms with E-state index in [-0.39, 0.29) is 17.3 Å². The highest BCUT2D eigenvalue weighted by Crippen LogP contribution is 2.32. The summed E-state index contributed by atoms with van der Waals surface area (Å²) < 4.78 is 1.49. The van der Waals surface area contributed by atoms with E-state index in [2.05, 4.69) is 4.98 Å². The maximum absolute atomic E-state index is 11.4. The molecule has 0 bridgehead atoms. The van der Waals surface area contributed by atoms with Gasteiger partial charge in [-0.2, -0.15) is 11.8 Å². The van der Waals surface area contributed by atoms with Crippen molar-refractivity contribution in [1.82, 2.24) is 9.38 Å². The first kappa shape index (κ1) is 13.9. The number of hydrogen-bond acceptors (Lipinski definition) is 4. The van der Waals surface area contributed by atoms with Crippen molar-refractivity contribution in [1.29, 1.82) is 0 Å². The molecule has 110 valence electrons. The zero-order valence-corrected chi connectivity index (χ0v) is 12.0. The predicted molar refractivity (Wildman–Crippen MR) is 78.4 cm³/mol. The molecule has 1 aliphatic heterocycles. The third-order valence-corrected chi connectivity index (χ3v) is 4.74. The molecule has 0 atom stereocenters. The second-order valence-corrected chi connectivity index (χ2v) is 6.17. The van der Waals surface area contributed by atoms with Crippen LogP contribution < -0.4 is 0 Å². The Morgan fingerprint density at radius 2 is 1.90 bits per heavy atom. The molecule has 3 heterocycles. The number of pyridine rings is 1. The van der Waals surface area contributed by atoms with Crippen molar-refractivity contribution >= 4 is 29.2 Å². The van der Waals surface area contributed by atoms with Crippen LogP contribution in [0.3, 0.4) is 0 Å². The third-order valence-electron chi connectivity index (χ3n) is 3.70. The Balaban J connectivity index is 2.26. The van der Waals surface area contributed by atoms with E-state index in [0.717, 1.165) is 24.3 Å². The minimum absolute atomic E-state index is 0.0562. The molecule has 2 N–H and O–H groups in total. The first-order valence-corrected chi connectivity index (χ1v) is 7.80. The second-order valence-electron chi connectivity index (χ2n) is 4.95. The summed E-state index contributed by atoms with van der Waals surface area (Å²) in [6, 6.07) is 4.63. The van der Waals surface area contributed by atoms with Gasteiger partial charge in [0.2, 0.25) is 0 Å². The molecular formula is C14H14N2O4S. The Labute approximate surface area is 124 Å². The first-order valence-electron chi connectivity index (χ1n) is 6.65. The van der Waals surface area contributed by atoms with Crippen LogP contribution in [0.5, 0.6) is 0 Å². The van der Waals surface area contributed by atoms with Gasteiger partial charge in [-0.15, -0.1) is 0 Å². The maximum Gasteiger partial charge on any atom is 0.356 e. The number of nitrogens with zero attached hydrogens (tertiary/aromatic N) is 2. The number of imidazole rings is 1. The van der Waals surface area contributed by atoms with Crippen molar-refractivity contribution in [3.8, 4) is 0 Å². The first-order chi connectivity index (χ1) is 10.1. The quantitative estimate of drug-likeness (QED) is 0.904. The number of carboxylic acids is 2. The van der Waals surface area contributed by atoms with Crippen LogP contribution in [-0.2, 0) is 0 Å². The highest BCUT2D eigenvalue weighted by Gasteiger charge is 2.26. The molecule has 3 rings (SSSR count). The van der Waals surface area contributed by atoms with E-state index in [1.807, 2.05) is 11.8 Å². The Kier molecular flexibility index (Phi) is 3.59. The third kappa shape index (κ3) is 2.37. The lowest BCUT2D eigenvalue weighted by Gasteiger charge is -2.20. The summed E-state index contributed by atoms with van der Waals surface area (Å²) in [5, 5.41) is 18.7. The summed E-state index contributed by atoms with van der Waals surface area (Å²) in [7, 11) is 0. The summed E-state index contributed by atoms with van der Waals surface area (Å²) in [5.74, 6) is 0.412. The lowest BCUT2D eigenvalue weighted by molar-refractivity contribution is 0.0678. The smallest absolute Gasteiger partial charge is 0.356 e. The van der Waals surface area contributed by atoms with Crippen LogP contribution in [-0.4, -0.2) is 43.0 Å². The average molecular weight is 306 g/mol. The highest BCUT2D eigenvalue weighted by molar-refractivity contribution is 7.99. The summed E-state index contributed by atoms with van der Waals surface area (Å²) in [4.78, 5) is 27.0. The van der Waals surface area contributed by atoms with Gasteiger partial charge in [0.25, 0.3) is 0 Å². The van der Waals surface area contributed by atoms with Gasteiger partial charge in [-0.25, -0.2) is 14.6 Å². The molecule has 1 aliphatic rings. The van der Waals surface area contributed by atoms with E-state index < -0.39 is 11.9 Å². The molecule has 0 unspecified atom stereocenters. The molecule has 0 spiro atoms. The van der Waals surface area contributed by atoms with Crippen molar-refractivity contribution in [2.24, 2.45) is 0 Å². The SMILES string of the molecule is O=C(O)c1nc(C2CCSCC2)n2c(C(=O)O)cccc12. The van der Waals surface area contributed by atoms with Crippen molar-refractivity contribution in [3.05, 3.63) is 35.4 Å². The lowest BCUT2D eigenvalue weighted by Crippen LogP contribution is -2.14. The van der Waals surface area contributed by atoms with E-state index in [0.29, 0.717) is 11.3 Å². The van der Waals surface area contributed by atoms with Crippen molar-refractivity contribution in [2.45, 2.75) is 18.8 Å². The number of aromatic nitrogens is 2. The molecule has 1 fully saturated rings. The van der Waals surface area contributed by atoms with Crippen molar-refractivity contribution in [3.63, 3.8) is 0 Å². The zero-order chi connectivity index (χ0) is 15.0. The Morgan fingerprint density at radius 1 is 1.19 bits per heavy atom. The minimum Gasteiger partial charge on any atom is -0.477 e. The molecule has 0 amide bonds. The van der Waals surface area contributed by atoms with Crippen LogP contribution in [0.2, 0.25) is 0 Å². The molecular weight excluding hydrogens is 292 g/mol. The molecule has 0 saturated carbocycles.